The summed E-state index contributed by atoms with van der Waals surface area (Å²) in [5, 5.41) is 8.49. The van der Waals surface area contributed by atoms with Gasteiger partial charge in [-0.25, -0.2) is 9.50 Å². The molecule has 1 amide bonds. The van der Waals surface area contributed by atoms with Gasteiger partial charge in [-0.2, -0.15) is 4.98 Å². The molecule has 4 aromatic rings. The van der Waals surface area contributed by atoms with Crippen LogP contribution >= 0.6 is 11.8 Å². The Morgan fingerprint density at radius 1 is 1.12 bits per heavy atom. The fraction of sp³-hybridized carbons (Fsp3) is 0.280. The summed E-state index contributed by atoms with van der Waals surface area (Å²) in [7, 11) is 0. The highest BCUT2D eigenvalue weighted by molar-refractivity contribution is 7.98. The minimum atomic E-state index is -0.0287. The predicted octanol–water partition coefficient (Wildman–Crippen LogP) is 4.84. The molecule has 0 saturated carbocycles. The summed E-state index contributed by atoms with van der Waals surface area (Å²) in [5.74, 6) is 1.19. The van der Waals surface area contributed by atoms with Crippen LogP contribution in [0.15, 0.2) is 59.8 Å². The number of thioether (sulfide) groups is 1. The lowest BCUT2D eigenvalue weighted by atomic mass is 9.87. The number of rotatable bonds is 5. The van der Waals surface area contributed by atoms with Crippen molar-refractivity contribution in [1.82, 2.24) is 24.9 Å². The van der Waals surface area contributed by atoms with Gasteiger partial charge >= 0.3 is 0 Å². The van der Waals surface area contributed by atoms with Crippen molar-refractivity contribution in [2.45, 2.75) is 50.1 Å². The highest BCUT2D eigenvalue weighted by atomic mass is 32.2. The topological polar surface area (TPSA) is 72.2 Å². The van der Waals surface area contributed by atoms with Crippen LogP contribution in [-0.4, -0.2) is 25.5 Å². The first kappa shape index (κ1) is 20.7. The fourth-order valence-corrected chi connectivity index (χ4v) is 5.18. The maximum atomic E-state index is 13.2. The van der Waals surface area contributed by atoms with Crippen molar-refractivity contribution in [2.75, 3.05) is 0 Å². The highest BCUT2D eigenvalue weighted by Gasteiger charge is 2.23. The standard InChI is InChI=1S/C25H25N5OS/c1-16-14-17(2)30-24(26-16)28-25(29-30)32-15-19-9-4-6-12-21(19)23(31)27-22-13-7-10-18-8-3-5-11-20(18)22/h3-6,8-9,11-12,14,22H,7,10,13,15H2,1-2H3,(H,27,31)/t22-/m0/s1. The molecule has 32 heavy (non-hydrogen) atoms. The van der Waals surface area contributed by atoms with Gasteiger partial charge in [0.15, 0.2) is 0 Å². The third-order valence-electron chi connectivity index (χ3n) is 5.89. The molecule has 0 bridgehead atoms. The van der Waals surface area contributed by atoms with Crippen LogP contribution in [0.1, 0.15) is 57.3 Å². The maximum Gasteiger partial charge on any atom is 0.253 e. The van der Waals surface area contributed by atoms with Crippen molar-refractivity contribution in [3.05, 3.63) is 88.2 Å². The number of hydrogen-bond donors (Lipinski definition) is 1. The smallest absolute Gasteiger partial charge is 0.253 e. The van der Waals surface area contributed by atoms with Crippen LogP contribution in [0.4, 0.5) is 0 Å². The van der Waals surface area contributed by atoms with Gasteiger partial charge in [-0.1, -0.05) is 54.2 Å². The average Bonchev–Trinajstić information content (AvgIpc) is 3.21. The van der Waals surface area contributed by atoms with Crippen LogP contribution in [0.5, 0.6) is 0 Å². The molecule has 1 aliphatic rings. The molecule has 2 aromatic heterocycles. The number of nitrogens with zero attached hydrogens (tertiary/aromatic N) is 4. The molecule has 0 radical (unpaired) electrons. The molecule has 0 saturated heterocycles. The van der Waals surface area contributed by atoms with Gasteiger partial charge in [0.2, 0.25) is 5.16 Å². The number of hydrogen-bond acceptors (Lipinski definition) is 5. The molecule has 7 heteroatoms. The van der Waals surface area contributed by atoms with E-state index in [1.54, 1.807) is 4.52 Å². The van der Waals surface area contributed by atoms with Gasteiger partial charge in [0.1, 0.15) is 0 Å². The molecule has 1 aliphatic carbocycles. The summed E-state index contributed by atoms with van der Waals surface area (Å²) in [4.78, 5) is 22.2. The molecule has 2 aromatic carbocycles. The average molecular weight is 444 g/mol. The van der Waals surface area contributed by atoms with E-state index in [9.17, 15) is 4.79 Å². The van der Waals surface area contributed by atoms with E-state index < -0.39 is 0 Å². The van der Waals surface area contributed by atoms with E-state index in [1.165, 1.54) is 22.9 Å². The Balaban J connectivity index is 1.33. The molecule has 0 unspecified atom stereocenters. The maximum absolute atomic E-state index is 13.2. The Labute approximate surface area is 191 Å². The van der Waals surface area contributed by atoms with Gasteiger partial charge in [0, 0.05) is 22.7 Å². The number of amides is 1. The van der Waals surface area contributed by atoms with Gasteiger partial charge in [-0.15, -0.1) is 5.10 Å². The third kappa shape index (κ3) is 4.12. The van der Waals surface area contributed by atoms with Crippen LogP contribution in [0.2, 0.25) is 0 Å². The van der Waals surface area contributed by atoms with Crippen molar-refractivity contribution in [2.24, 2.45) is 0 Å². The molecule has 1 N–H and O–H groups in total. The second-order valence-corrected chi connectivity index (χ2v) is 9.15. The van der Waals surface area contributed by atoms with E-state index in [4.69, 9.17) is 0 Å². The van der Waals surface area contributed by atoms with Crippen LogP contribution < -0.4 is 5.32 Å². The van der Waals surface area contributed by atoms with Crippen LogP contribution in [0.25, 0.3) is 5.78 Å². The highest BCUT2D eigenvalue weighted by Crippen LogP contribution is 2.30. The zero-order valence-electron chi connectivity index (χ0n) is 18.2. The van der Waals surface area contributed by atoms with Crippen molar-refractivity contribution in [1.29, 1.82) is 0 Å². The van der Waals surface area contributed by atoms with Gasteiger partial charge in [0.05, 0.1) is 6.04 Å². The Morgan fingerprint density at radius 3 is 2.84 bits per heavy atom. The minimum Gasteiger partial charge on any atom is -0.345 e. The number of carbonyl (C=O) groups is 1. The monoisotopic (exact) mass is 443 g/mol. The lowest BCUT2D eigenvalue weighted by molar-refractivity contribution is 0.0932. The fourth-order valence-electron chi connectivity index (χ4n) is 4.36. The van der Waals surface area contributed by atoms with E-state index in [1.807, 2.05) is 50.2 Å². The Hall–Kier alpha value is -3.19. The molecule has 162 valence electrons. The number of nitrogens with one attached hydrogen (secondary N) is 1. The Bertz CT molecular complexity index is 1300. The number of benzene rings is 2. The van der Waals surface area contributed by atoms with Crippen molar-refractivity contribution in [3.8, 4) is 0 Å². The van der Waals surface area contributed by atoms with Crippen LogP contribution in [0.3, 0.4) is 0 Å². The van der Waals surface area contributed by atoms with Crippen molar-refractivity contribution < 1.29 is 4.79 Å². The lowest BCUT2D eigenvalue weighted by Gasteiger charge is -2.26. The SMILES string of the molecule is Cc1cc(C)n2nc(SCc3ccccc3C(=O)N[C@H]3CCCc4ccccc43)nc2n1. The first-order chi connectivity index (χ1) is 15.6. The number of aromatic nitrogens is 4. The first-order valence-corrected chi connectivity index (χ1v) is 11.9. The summed E-state index contributed by atoms with van der Waals surface area (Å²) < 4.78 is 1.76. The number of aryl methyl sites for hydroxylation is 3. The summed E-state index contributed by atoms with van der Waals surface area (Å²) in [6, 6.07) is 18.2. The van der Waals surface area contributed by atoms with Crippen molar-refractivity contribution >= 4 is 23.4 Å². The molecule has 0 spiro atoms. The quantitative estimate of drug-likeness (QED) is 0.447. The second kappa shape index (κ2) is 8.74. The Kier molecular flexibility index (Phi) is 5.66. The third-order valence-corrected chi connectivity index (χ3v) is 6.78. The first-order valence-electron chi connectivity index (χ1n) is 10.9. The van der Waals surface area contributed by atoms with Crippen LogP contribution in [-0.2, 0) is 12.2 Å². The van der Waals surface area contributed by atoms with E-state index in [-0.39, 0.29) is 11.9 Å². The second-order valence-electron chi connectivity index (χ2n) is 8.21. The van der Waals surface area contributed by atoms with Gasteiger partial charge in [0.25, 0.3) is 11.7 Å². The van der Waals surface area contributed by atoms with Crippen molar-refractivity contribution in [3.63, 3.8) is 0 Å². The van der Waals surface area contributed by atoms with Crippen LogP contribution in [0, 0.1) is 13.8 Å². The van der Waals surface area contributed by atoms with Gasteiger partial charge in [-0.05, 0) is 61.9 Å². The van der Waals surface area contributed by atoms with E-state index in [0.717, 1.165) is 36.2 Å². The predicted molar refractivity (Wildman–Crippen MR) is 126 cm³/mol. The van der Waals surface area contributed by atoms with Gasteiger partial charge in [-0.3, -0.25) is 4.79 Å². The number of carbonyl (C=O) groups excluding carboxylic acids is 1. The zero-order valence-corrected chi connectivity index (χ0v) is 19.0. The van der Waals surface area contributed by atoms with E-state index in [2.05, 4.69) is 38.6 Å². The molecular formula is C25H25N5OS. The summed E-state index contributed by atoms with van der Waals surface area (Å²) in [6.45, 7) is 3.95. The Morgan fingerprint density at radius 2 is 1.94 bits per heavy atom. The number of fused-ring (bicyclic) bond motifs is 2. The molecule has 2 heterocycles. The zero-order chi connectivity index (χ0) is 22.1. The molecular weight excluding hydrogens is 418 g/mol. The van der Waals surface area contributed by atoms with E-state index in [0.29, 0.717) is 22.3 Å². The molecule has 0 aliphatic heterocycles. The molecule has 6 nitrogen and oxygen atoms in total. The summed E-state index contributed by atoms with van der Waals surface area (Å²) in [5.41, 5.74) is 6.18. The van der Waals surface area contributed by atoms with E-state index >= 15 is 0 Å². The summed E-state index contributed by atoms with van der Waals surface area (Å²) in [6.07, 6.45) is 3.14. The largest absolute Gasteiger partial charge is 0.345 e. The lowest BCUT2D eigenvalue weighted by Crippen LogP contribution is -2.31. The molecule has 5 rings (SSSR count). The molecule has 1 atom stereocenters. The molecule has 0 fully saturated rings. The van der Waals surface area contributed by atoms with Gasteiger partial charge < -0.3 is 5.32 Å². The summed E-state index contributed by atoms with van der Waals surface area (Å²) >= 11 is 1.52. The minimum absolute atomic E-state index is 0.0287. The normalized spacial score (nSPS) is 15.5.